The number of rotatable bonds is 4. The molecule has 2 rings (SSSR count). The van der Waals surface area contributed by atoms with Crippen LogP contribution < -0.4 is 5.32 Å². The van der Waals surface area contributed by atoms with Crippen molar-refractivity contribution in [2.45, 2.75) is 78.7 Å². The van der Waals surface area contributed by atoms with Crippen molar-refractivity contribution in [3.8, 4) is 0 Å². The quantitative estimate of drug-likeness (QED) is 0.778. The first-order valence-electron chi connectivity index (χ1n) is 9.41. The van der Waals surface area contributed by atoms with E-state index in [0.717, 1.165) is 17.9 Å². The van der Waals surface area contributed by atoms with Gasteiger partial charge in [0.05, 0.1) is 0 Å². The van der Waals surface area contributed by atoms with Crippen LogP contribution in [0.4, 0.5) is 0 Å². The average Bonchev–Trinajstić information content (AvgIpc) is 2.66. The van der Waals surface area contributed by atoms with Crippen molar-refractivity contribution in [2.75, 3.05) is 26.2 Å². The fourth-order valence-electron chi connectivity index (χ4n) is 4.08. The SMILES string of the molecule is CC1CCN(CCNC2CCCC(C(C)(C)C)CC2)CC1. The van der Waals surface area contributed by atoms with Crippen molar-refractivity contribution in [3.05, 3.63) is 0 Å². The normalized spacial score (nSPS) is 30.3. The monoisotopic (exact) mass is 294 g/mol. The minimum atomic E-state index is 0.499. The van der Waals surface area contributed by atoms with E-state index in [9.17, 15) is 0 Å². The number of piperidine rings is 1. The summed E-state index contributed by atoms with van der Waals surface area (Å²) >= 11 is 0. The highest BCUT2D eigenvalue weighted by Crippen LogP contribution is 2.36. The van der Waals surface area contributed by atoms with Gasteiger partial charge in [0.2, 0.25) is 0 Å². The summed E-state index contributed by atoms with van der Waals surface area (Å²) in [5.74, 6) is 1.87. The third-order valence-electron chi connectivity index (χ3n) is 5.93. The van der Waals surface area contributed by atoms with Gasteiger partial charge >= 0.3 is 0 Å². The van der Waals surface area contributed by atoms with Crippen LogP contribution >= 0.6 is 0 Å². The minimum absolute atomic E-state index is 0.499. The number of hydrogen-bond donors (Lipinski definition) is 1. The van der Waals surface area contributed by atoms with Crippen LogP contribution in [0.5, 0.6) is 0 Å². The molecule has 0 aromatic heterocycles. The highest BCUT2D eigenvalue weighted by atomic mass is 15.1. The Hall–Kier alpha value is -0.0800. The molecule has 2 aliphatic rings. The lowest BCUT2D eigenvalue weighted by molar-refractivity contribution is 0.189. The van der Waals surface area contributed by atoms with Crippen molar-refractivity contribution < 1.29 is 0 Å². The summed E-state index contributed by atoms with van der Waals surface area (Å²) in [7, 11) is 0. The Kier molecular flexibility index (Phi) is 6.55. The standard InChI is InChI=1S/C19H38N2/c1-16-10-13-21(14-11-16)15-12-20-18-7-5-6-17(8-9-18)19(2,3)4/h16-18,20H,5-15H2,1-4H3. The molecule has 2 unspecified atom stereocenters. The molecule has 0 spiro atoms. The number of nitrogens with zero attached hydrogens (tertiary/aromatic N) is 1. The molecule has 124 valence electrons. The molecule has 0 aromatic rings. The smallest absolute Gasteiger partial charge is 0.0107 e. The fraction of sp³-hybridized carbons (Fsp3) is 1.00. The lowest BCUT2D eigenvalue weighted by Gasteiger charge is -2.31. The Labute approximate surface area is 133 Å². The maximum Gasteiger partial charge on any atom is 0.0107 e. The molecule has 1 saturated heterocycles. The van der Waals surface area contributed by atoms with Gasteiger partial charge in [0.15, 0.2) is 0 Å². The first-order valence-corrected chi connectivity index (χ1v) is 9.41. The van der Waals surface area contributed by atoms with E-state index in [-0.39, 0.29) is 0 Å². The van der Waals surface area contributed by atoms with E-state index in [2.05, 4.69) is 37.9 Å². The summed E-state index contributed by atoms with van der Waals surface area (Å²) in [5.41, 5.74) is 0.499. The van der Waals surface area contributed by atoms with Gasteiger partial charge in [-0.25, -0.2) is 0 Å². The van der Waals surface area contributed by atoms with E-state index in [0.29, 0.717) is 5.41 Å². The van der Waals surface area contributed by atoms with Gasteiger partial charge in [-0.3, -0.25) is 0 Å². The zero-order valence-electron chi connectivity index (χ0n) is 15.0. The Morgan fingerprint density at radius 2 is 1.67 bits per heavy atom. The van der Waals surface area contributed by atoms with Crippen LogP contribution in [0.15, 0.2) is 0 Å². The molecular formula is C19H38N2. The minimum Gasteiger partial charge on any atom is -0.313 e. The van der Waals surface area contributed by atoms with Gasteiger partial charge in [0, 0.05) is 19.1 Å². The summed E-state index contributed by atoms with van der Waals surface area (Å²) < 4.78 is 0. The molecule has 2 fully saturated rings. The van der Waals surface area contributed by atoms with E-state index in [1.54, 1.807) is 0 Å². The third kappa shape index (κ3) is 5.90. The molecule has 0 aromatic carbocycles. The predicted octanol–water partition coefficient (Wildman–Crippen LogP) is 4.30. The van der Waals surface area contributed by atoms with Crippen LogP contribution in [-0.4, -0.2) is 37.1 Å². The van der Waals surface area contributed by atoms with Crippen LogP contribution in [0, 0.1) is 17.3 Å². The van der Waals surface area contributed by atoms with E-state index >= 15 is 0 Å². The summed E-state index contributed by atoms with van der Waals surface area (Å²) in [5, 5.41) is 3.85. The van der Waals surface area contributed by atoms with Crippen LogP contribution in [0.2, 0.25) is 0 Å². The molecule has 1 aliphatic carbocycles. The van der Waals surface area contributed by atoms with Gasteiger partial charge in [-0.05, 0) is 68.9 Å². The molecule has 1 N–H and O–H groups in total. The van der Waals surface area contributed by atoms with Crippen LogP contribution in [0.25, 0.3) is 0 Å². The summed E-state index contributed by atoms with van der Waals surface area (Å²) in [4.78, 5) is 2.65. The first kappa shape index (κ1) is 17.3. The number of nitrogens with one attached hydrogen (secondary N) is 1. The lowest BCUT2D eigenvalue weighted by atomic mass is 9.76. The zero-order valence-corrected chi connectivity index (χ0v) is 15.0. The second-order valence-corrected chi connectivity index (χ2v) is 8.75. The van der Waals surface area contributed by atoms with Crippen molar-refractivity contribution >= 4 is 0 Å². The number of likely N-dealkylation sites (tertiary alicyclic amines) is 1. The average molecular weight is 295 g/mol. The molecule has 1 aliphatic heterocycles. The molecule has 2 nitrogen and oxygen atoms in total. The van der Waals surface area contributed by atoms with Gasteiger partial charge in [-0.1, -0.05) is 34.1 Å². The molecule has 0 amide bonds. The molecule has 2 heteroatoms. The fourth-order valence-corrected chi connectivity index (χ4v) is 4.08. The zero-order chi connectivity index (χ0) is 15.3. The number of hydrogen-bond acceptors (Lipinski definition) is 2. The Morgan fingerprint density at radius 1 is 0.952 bits per heavy atom. The van der Waals surface area contributed by atoms with Crippen molar-refractivity contribution in [3.63, 3.8) is 0 Å². The van der Waals surface area contributed by atoms with Gasteiger partial charge in [-0.15, -0.1) is 0 Å². The second-order valence-electron chi connectivity index (χ2n) is 8.75. The van der Waals surface area contributed by atoms with E-state index in [1.807, 2.05) is 0 Å². The molecule has 1 saturated carbocycles. The molecule has 1 heterocycles. The van der Waals surface area contributed by atoms with Gasteiger partial charge in [-0.2, -0.15) is 0 Å². The largest absolute Gasteiger partial charge is 0.313 e. The van der Waals surface area contributed by atoms with Crippen molar-refractivity contribution in [2.24, 2.45) is 17.3 Å². The van der Waals surface area contributed by atoms with E-state index in [4.69, 9.17) is 0 Å². The molecule has 21 heavy (non-hydrogen) atoms. The van der Waals surface area contributed by atoms with Gasteiger partial charge < -0.3 is 10.2 Å². The Bertz CT molecular complexity index is 286. The Morgan fingerprint density at radius 3 is 2.33 bits per heavy atom. The van der Waals surface area contributed by atoms with Gasteiger partial charge in [0.25, 0.3) is 0 Å². The summed E-state index contributed by atoms with van der Waals surface area (Å²) in [6.07, 6.45) is 9.85. The highest BCUT2D eigenvalue weighted by molar-refractivity contribution is 4.81. The maximum atomic E-state index is 3.85. The topological polar surface area (TPSA) is 15.3 Å². The second kappa shape index (κ2) is 7.97. The van der Waals surface area contributed by atoms with Crippen molar-refractivity contribution in [1.29, 1.82) is 0 Å². The predicted molar refractivity (Wildman–Crippen MR) is 92.7 cm³/mol. The molecule has 2 atom stereocenters. The van der Waals surface area contributed by atoms with E-state index in [1.165, 1.54) is 71.1 Å². The molecule has 0 bridgehead atoms. The maximum absolute atomic E-state index is 3.85. The molecule has 0 radical (unpaired) electrons. The van der Waals surface area contributed by atoms with Gasteiger partial charge in [0.1, 0.15) is 0 Å². The van der Waals surface area contributed by atoms with Crippen LogP contribution in [0.3, 0.4) is 0 Å². The van der Waals surface area contributed by atoms with E-state index < -0.39 is 0 Å². The third-order valence-corrected chi connectivity index (χ3v) is 5.93. The summed E-state index contributed by atoms with van der Waals surface area (Å²) in [6.45, 7) is 14.7. The summed E-state index contributed by atoms with van der Waals surface area (Å²) in [6, 6.07) is 0.779. The highest BCUT2D eigenvalue weighted by Gasteiger charge is 2.27. The van der Waals surface area contributed by atoms with Crippen LogP contribution in [0.1, 0.15) is 72.6 Å². The lowest BCUT2D eigenvalue weighted by Crippen LogP contribution is -2.40. The van der Waals surface area contributed by atoms with Crippen molar-refractivity contribution in [1.82, 2.24) is 10.2 Å². The Balaban J connectivity index is 1.63. The first-order chi connectivity index (χ1) is 9.95. The van der Waals surface area contributed by atoms with Crippen LogP contribution in [-0.2, 0) is 0 Å². The molecular weight excluding hydrogens is 256 g/mol.